The summed E-state index contributed by atoms with van der Waals surface area (Å²) in [6, 6.07) is 5.96. The molecule has 0 amide bonds. The van der Waals surface area contributed by atoms with E-state index in [2.05, 4.69) is 23.3 Å². The third-order valence-corrected chi connectivity index (χ3v) is 3.86. The Labute approximate surface area is 114 Å². The molecule has 4 heteroatoms. The number of halogens is 1. The number of hydrogen-bond acceptors (Lipinski definition) is 3. The van der Waals surface area contributed by atoms with Crippen molar-refractivity contribution in [2.24, 2.45) is 5.92 Å². The van der Waals surface area contributed by atoms with Gasteiger partial charge in [-0.15, -0.1) is 0 Å². The molecular weight excluding hydrogens is 248 g/mol. The normalized spacial score (nSPS) is 16.6. The lowest BCUT2D eigenvalue weighted by atomic mass is 9.97. The molecule has 0 spiro atoms. The minimum absolute atomic E-state index is 0.673. The summed E-state index contributed by atoms with van der Waals surface area (Å²) >= 11 is 6.15. The molecule has 100 valence electrons. The van der Waals surface area contributed by atoms with Gasteiger partial charge in [0.25, 0.3) is 0 Å². The molecule has 0 aliphatic carbocycles. The SMILES string of the molecule is COc1ccc(N(C)CC2CCNCC2)cc1Cl. The van der Waals surface area contributed by atoms with Crippen LogP contribution in [0.3, 0.4) is 0 Å². The van der Waals surface area contributed by atoms with Gasteiger partial charge in [-0.25, -0.2) is 0 Å². The van der Waals surface area contributed by atoms with Gasteiger partial charge in [0.1, 0.15) is 5.75 Å². The van der Waals surface area contributed by atoms with Gasteiger partial charge in [-0.2, -0.15) is 0 Å². The molecule has 1 aromatic carbocycles. The zero-order valence-electron chi connectivity index (χ0n) is 11.1. The molecule has 0 atom stereocenters. The monoisotopic (exact) mass is 268 g/mol. The highest BCUT2D eigenvalue weighted by Gasteiger charge is 2.15. The highest BCUT2D eigenvalue weighted by molar-refractivity contribution is 6.32. The van der Waals surface area contributed by atoms with Gasteiger partial charge in [0.2, 0.25) is 0 Å². The molecule has 0 bridgehead atoms. The summed E-state index contributed by atoms with van der Waals surface area (Å²) in [5.41, 5.74) is 1.15. The number of nitrogens with zero attached hydrogens (tertiary/aromatic N) is 1. The van der Waals surface area contributed by atoms with E-state index < -0.39 is 0 Å². The van der Waals surface area contributed by atoms with Crippen LogP contribution in [0.25, 0.3) is 0 Å². The molecule has 0 aromatic heterocycles. The zero-order valence-corrected chi connectivity index (χ0v) is 11.8. The molecule has 0 radical (unpaired) electrons. The Morgan fingerprint density at radius 3 is 2.72 bits per heavy atom. The van der Waals surface area contributed by atoms with E-state index in [0.29, 0.717) is 5.02 Å². The van der Waals surface area contributed by atoms with Gasteiger partial charge in [-0.3, -0.25) is 0 Å². The average molecular weight is 269 g/mol. The van der Waals surface area contributed by atoms with E-state index in [1.165, 1.54) is 12.8 Å². The summed E-state index contributed by atoms with van der Waals surface area (Å²) < 4.78 is 5.17. The van der Waals surface area contributed by atoms with Crippen LogP contribution in [0.2, 0.25) is 5.02 Å². The lowest BCUT2D eigenvalue weighted by Gasteiger charge is -2.29. The van der Waals surface area contributed by atoms with E-state index in [-0.39, 0.29) is 0 Å². The molecule has 1 saturated heterocycles. The second kappa shape index (κ2) is 6.30. The first kappa shape index (κ1) is 13.5. The summed E-state index contributed by atoms with van der Waals surface area (Å²) in [4.78, 5) is 2.28. The van der Waals surface area contributed by atoms with Crippen LogP contribution in [0.1, 0.15) is 12.8 Å². The second-order valence-corrected chi connectivity index (χ2v) is 5.30. The molecule has 0 saturated carbocycles. The highest BCUT2D eigenvalue weighted by atomic mass is 35.5. The maximum atomic E-state index is 6.15. The number of rotatable bonds is 4. The molecule has 1 N–H and O–H groups in total. The van der Waals surface area contributed by atoms with Crippen LogP contribution in [-0.2, 0) is 0 Å². The zero-order chi connectivity index (χ0) is 13.0. The van der Waals surface area contributed by atoms with Crippen molar-refractivity contribution >= 4 is 17.3 Å². The van der Waals surface area contributed by atoms with Gasteiger partial charge >= 0.3 is 0 Å². The number of hydrogen-bond donors (Lipinski definition) is 1. The summed E-state index contributed by atoms with van der Waals surface area (Å²) in [6.45, 7) is 3.37. The number of piperidine rings is 1. The first-order valence-electron chi connectivity index (χ1n) is 6.46. The molecule has 18 heavy (non-hydrogen) atoms. The lowest BCUT2D eigenvalue weighted by Crippen LogP contribution is -2.34. The standard InChI is InChI=1S/C14H21ClN2O/c1-17(10-11-5-7-16-8-6-11)12-3-4-14(18-2)13(15)9-12/h3-4,9,11,16H,5-8,10H2,1-2H3. The molecule has 3 nitrogen and oxygen atoms in total. The molecule has 1 fully saturated rings. The smallest absolute Gasteiger partial charge is 0.137 e. The molecule has 0 unspecified atom stereocenters. The van der Waals surface area contributed by atoms with Gasteiger partial charge in [0.05, 0.1) is 12.1 Å². The van der Waals surface area contributed by atoms with Gasteiger partial charge < -0.3 is 15.0 Å². The number of ether oxygens (including phenoxy) is 1. The van der Waals surface area contributed by atoms with E-state index in [1.807, 2.05) is 12.1 Å². The maximum absolute atomic E-state index is 6.15. The van der Waals surface area contributed by atoms with E-state index in [9.17, 15) is 0 Å². The largest absolute Gasteiger partial charge is 0.495 e. The minimum atomic E-state index is 0.673. The van der Waals surface area contributed by atoms with Crippen molar-refractivity contribution in [1.29, 1.82) is 0 Å². The Morgan fingerprint density at radius 1 is 1.39 bits per heavy atom. The van der Waals surface area contributed by atoms with Crippen LogP contribution in [0.15, 0.2) is 18.2 Å². The quantitative estimate of drug-likeness (QED) is 0.909. The fourth-order valence-corrected chi connectivity index (χ4v) is 2.70. The Morgan fingerprint density at radius 2 is 2.11 bits per heavy atom. The van der Waals surface area contributed by atoms with Gasteiger partial charge in [-0.1, -0.05) is 11.6 Å². The van der Waals surface area contributed by atoms with Gasteiger partial charge in [0, 0.05) is 19.3 Å². The van der Waals surface area contributed by atoms with Crippen LogP contribution in [0.4, 0.5) is 5.69 Å². The number of anilines is 1. The summed E-state index contributed by atoms with van der Waals surface area (Å²) in [5, 5.41) is 4.07. The summed E-state index contributed by atoms with van der Waals surface area (Å²) in [5.74, 6) is 1.51. The van der Waals surface area contributed by atoms with Crippen molar-refractivity contribution < 1.29 is 4.74 Å². The minimum Gasteiger partial charge on any atom is -0.495 e. The predicted molar refractivity (Wildman–Crippen MR) is 76.9 cm³/mol. The first-order chi connectivity index (χ1) is 8.70. The maximum Gasteiger partial charge on any atom is 0.137 e. The van der Waals surface area contributed by atoms with E-state index in [0.717, 1.165) is 37.0 Å². The predicted octanol–water partition coefficient (Wildman–Crippen LogP) is 2.78. The first-order valence-corrected chi connectivity index (χ1v) is 6.84. The van der Waals surface area contributed by atoms with Crippen LogP contribution in [0, 0.1) is 5.92 Å². The highest BCUT2D eigenvalue weighted by Crippen LogP contribution is 2.29. The fraction of sp³-hybridized carbons (Fsp3) is 0.571. The van der Waals surface area contributed by atoms with E-state index in [4.69, 9.17) is 16.3 Å². The van der Waals surface area contributed by atoms with Crippen LogP contribution >= 0.6 is 11.6 Å². The van der Waals surface area contributed by atoms with Crippen molar-refractivity contribution in [3.8, 4) is 5.75 Å². The molecular formula is C14H21ClN2O. The van der Waals surface area contributed by atoms with Crippen LogP contribution < -0.4 is 15.0 Å². The Balaban J connectivity index is 1.99. The Hall–Kier alpha value is -0.930. The van der Waals surface area contributed by atoms with Crippen LogP contribution in [0.5, 0.6) is 5.75 Å². The van der Waals surface area contributed by atoms with Gasteiger partial charge in [-0.05, 0) is 50.0 Å². The number of methoxy groups -OCH3 is 1. The third kappa shape index (κ3) is 3.30. The Kier molecular flexibility index (Phi) is 4.72. The van der Waals surface area contributed by atoms with Gasteiger partial charge in [0.15, 0.2) is 0 Å². The molecule has 2 rings (SSSR count). The topological polar surface area (TPSA) is 24.5 Å². The number of benzene rings is 1. The lowest BCUT2D eigenvalue weighted by molar-refractivity contribution is 0.378. The average Bonchev–Trinajstić information content (AvgIpc) is 2.39. The molecule has 1 aromatic rings. The Bertz CT molecular complexity index is 391. The molecule has 1 aliphatic rings. The van der Waals surface area contributed by atoms with E-state index in [1.54, 1.807) is 7.11 Å². The van der Waals surface area contributed by atoms with Crippen molar-refractivity contribution in [2.45, 2.75) is 12.8 Å². The second-order valence-electron chi connectivity index (χ2n) is 4.89. The molecule has 1 heterocycles. The van der Waals surface area contributed by atoms with Crippen molar-refractivity contribution in [3.63, 3.8) is 0 Å². The van der Waals surface area contributed by atoms with E-state index >= 15 is 0 Å². The van der Waals surface area contributed by atoms with Crippen molar-refractivity contribution in [1.82, 2.24) is 5.32 Å². The van der Waals surface area contributed by atoms with Crippen LogP contribution in [-0.4, -0.2) is 33.8 Å². The summed E-state index contributed by atoms with van der Waals surface area (Å²) in [7, 11) is 3.76. The molecule has 1 aliphatic heterocycles. The fourth-order valence-electron chi connectivity index (χ4n) is 2.45. The number of nitrogens with one attached hydrogen (secondary N) is 1. The van der Waals surface area contributed by atoms with Crippen molar-refractivity contribution in [2.75, 3.05) is 38.7 Å². The third-order valence-electron chi connectivity index (χ3n) is 3.57. The summed E-state index contributed by atoms with van der Waals surface area (Å²) in [6.07, 6.45) is 2.52. The van der Waals surface area contributed by atoms with Crippen molar-refractivity contribution in [3.05, 3.63) is 23.2 Å².